The predicted molar refractivity (Wildman–Crippen MR) is 80.2 cm³/mol. The Morgan fingerprint density at radius 1 is 1.05 bits per heavy atom. The van der Waals surface area contributed by atoms with Gasteiger partial charge in [0.05, 0.1) is 17.8 Å². The van der Waals surface area contributed by atoms with E-state index in [-0.39, 0.29) is 5.91 Å². The molecule has 0 bridgehead atoms. The molecule has 1 aliphatic carbocycles. The number of nitrogens with zero attached hydrogens (tertiary/aromatic N) is 4. The molecule has 5 nitrogen and oxygen atoms in total. The summed E-state index contributed by atoms with van der Waals surface area (Å²) in [5.41, 5.74) is 1.66. The third-order valence-corrected chi connectivity index (χ3v) is 5.07. The van der Waals surface area contributed by atoms with Gasteiger partial charge in [0.15, 0.2) is 0 Å². The van der Waals surface area contributed by atoms with Gasteiger partial charge in [-0.1, -0.05) is 19.3 Å². The van der Waals surface area contributed by atoms with Gasteiger partial charge in [0, 0.05) is 25.3 Å². The average Bonchev–Trinajstić information content (AvgIpc) is 3.16. The molecule has 3 heterocycles. The first-order valence-corrected chi connectivity index (χ1v) is 8.25. The Bertz CT molecular complexity index is 547. The Kier molecular flexibility index (Phi) is 3.28. The molecule has 3 aliphatic rings. The van der Waals surface area contributed by atoms with E-state index in [1.165, 1.54) is 32.1 Å². The van der Waals surface area contributed by atoms with Crippen LogP contribution in [-0.4, -0.2) is 39.9 Å². The van der Waals surface area contributed by atoms with Gasteiger partial charge in [-0.05, 0) is 25.7 Å². The van der Waals surface area contributed by atoms with Gasteiger partial charge in [-0.3, -0.25) is 4.79 Å². The van der Waals surface area contributed by atoms with Gasteiger partial charge in [0.2, 0.25) is 5.95 Å². The highest BCUT2D eigenvalue weighted by Gasteiger charge is 2.35. The van der Waals surface area contributed by atoms with Crippen LogP contribution < -0.4 is 4.90 Å². The monoisotopic (exact) mass is 286 g/mol. The summed E-state index contributed by atoms with van der Waals surface area (Å²) in [6.45, 7) is 2.76. The summed E-state index contributed by atoms with van der Waals surface area (Å²) in [6, 6.07) is 0.413. The van der Waals surface area contributed by atoms with Crippen LogP contribution in [0, 0.1) is 0 Å². The van der Waals surface area contributed by atoms with Crippen molar-refractivity contribution in [3.63, 3.8) is 0 Å². The Morgan fingerprint density at radius 3 is 2.57 bits per heavy atom. The lowest BCUT2D eigenvalue weighted by molar-refractivity contribution is 0.0659. The molecule has 2 aliphatic heterocycles. The number of anilines is 1. The number of hydrogen-bond acceptors (Lipinski definition) is 4. The maximum atomic E-state index is 12.6. The molecule has 0 spiro atoms. The molecular formula is C16H22N4O. The van der Waals surface area contributed by atoms with Crippen LogP contribution in [0.15, 0.2) is 6.20 Å². The molecular weight excluding hydrogens is 264 g/mol. The maximum absolute atomic E-state index is 12.6. The normalized spacial score (nSPS) is 23.0. The van der Waals surface area contributed by atoms with E-state index in [2.05, 4.69) is 14.9 Å². The van der Waals surface area contributed by atoms with Gasteiger partial charge in [0.1, 0.15) is 0 Å². The second-order valence-corrected chi connectivity index (χ2v) is 6.45. The van der Waals surface area contributed by atoms with Gasteiger partial charge >= 0.3 is 0 Å². The molecule has 1 aromatic rings. The lowest BCUT2D eigenvalue weighted by Crippen LogP contribution is -2.36. The molecule has 1 saturated heterocycles. The summed E-state index contributed by atoms with van der Waals surface area (Å²) in [4.78, 5) is 25.9. The van der Waals surface area contributed by atoms with Crippen molar-refractivity contribution in [2.75, 3.05) is 18.0 Å². The van der Waals surface area contributed by atoms with Crippen LogP contribution in [0.4, 0.5) is 5.95 Å². The van der Waals surface area contributed by atoms with Crippen molar-refractivity contribution in [3.05, 3.63) is 17.5 Å². The number of rotatable bonds is 2. The fourth-order valence-electron chi connectivity index (χ4n) is 3.85. The largest absolute Gasteiger partial charge is 0.341 e. The molecule has 1 aromatic heterocycles. The lowest BCUT2D eigenvalue weighted by Gasteiger charge is -2.30. The van der Waals surface area contributed by atoms with E-state index >= 15 is 0 Å². The van der Waals surface area contributed by atoms with Crippen molar-refractivity contribution in [1.82, 2.24) is 14.9 Å². The van der Waals surface area contributed by atoms with Gasteiger partial charge in [-0.25, -0.2) is 9.97 Å². The second-order valence-electron chi connectivity index (χ2n) is 6.45. The number of fused-ring (bicyclic) bond motifs is 1. The van der Waals surface area contributed by atoms with E-state index < -0.39 is 0 Å². The Balaban J connectivity index is 1.56. The third-order valence-electron chi connectivity index (χ3n) is 5.07. The minimum absolute atomic E-state index is 0.143. The zero-order valence-corrected chi connectivity index (χ0v) is 12.4. The third kappa shape index (κ3) is 2.28. The SMILES string of the molecule is O=C1c2cnc(N3CCCC3)nc2CN1C1CCCCC1. The average molecular weight is 286 g/mol. The molecule has 2 fully saturated rings. The Labute approximate surface area is 125 Å². The van der Waals surface area contributed by atoms with Crippen molar-refractivity contribution in [3.8, 4) is 0 Å². The van der Waals surface area contributed by atoms with Crippen molar-refractivity contribution in [2.45, 2.75) is 57.5 Å². The molecule has 0 radical (unpaired) electrons. The molecule has 1 amide bonds. The molecule has 4 rings (SSSR count). The van der Waals surface area contributed by atoms with Crippen molar-refractivity contribution >= 4 is 11.9 Å². The van der Waals surface area contributed by atoms with Crippen molar-refractivity contribution in [1.29, 1.82) is 0 Å². The van der Waals surface area contributed by atoms with Crippen LogP contribution in [0.25, 0.3) is 0 Å². The molecule has 1 saturated carbocycles. The summed E-state index contributed by atoms with van der Waals surface area (Å²) in [7, 11) is 0. The minimum Gasteiger partial charge on any atom is -0.341 e. The Hall–Kier alpha value is -1.65. The van der Waals surface area contributed by atoms with Crippen LogP contribution in [-0.2, 0) is 6.54 Å². The van der Waals surface area contributed by atoms with Gasteiger partial charge in [0.25, 0.3) is 5.91 Å². The molecule has 21 heavy (non-hydrogen) atoms. The van der Waals surface area contributed by atoms with Crippen molar-refractivity contribution < 1.29 is 4.79 Å². The van der Waals surface area contributed by atoms with E-state index in [1.54, 1.807) is 6.20 Å². The summed E-state index contributed by atoms with van der Waals surface area (Å²) >= 11 is 0. The molecule has 0 aromatic carbocycles. The summed E-state index contributed by atoms with van der Waals surface area (Å²) in [6.07, 6.45) is 10.3. The first-order valence-electron chi connectivity index (χ1n) is 8.25. The second kappa shape index (κ2) is 5.28. The fraction of sp³-hybridized carbons (Fsp3) is 0.688. The van der Waals surface area contributed by atoms with E-state index in [0.717, 1.165) is 43.1 Å². The molecule has 0 atom stereocenters. The quantitative estimate of drug-likeness (QED) is 0.837. The number of hydrogen-bond donors (Lipinski definition) is 0. The van der Waals surface area contributed by atoms with Gasteiger partial charge < -0.3 is 9.80 Å². The smallest absolute Gasteiger partial charge is 0.257 e. The first-order chi connectivity index (χ1) is 10.3. The number of carbonyl (C=O) groups excluding carboxylic acids is 1. The van der Waals surface area contributed by atoms with Gasteiger partial charge in [-0.2, -0.15) is 0 Å². The summed E-state index contributed by atoms with van der Waals surface area (Å²) in [5, 5.41) is 0. The number of aromatic nitrogens is 2. The highest BCUT2D eigenvalue weighted by atomic mass is 16.2. The molecule has 5 heteroatoms. The fourth-order valence-corrected chi connectivity index (χ4v) is 3.85. The minimum atomic E-state index is 0.143. The molecule has 0 N–H and O–H groups in total. The first kappa shape index (κ1) is 13.0. The van der Waals surface area contributed by atoms with Crippen LogP contribution in [0.1, 0.15) is 61.0 Å². The standard InChI is InChI=1S/C16H22N4O/c21-15-13-10-17-16(19-8-4-5-9-19)18-14(13)11-20(15)12-6-2-1-3-7-12/h10,12H,1-9,11H2. The lowest BCUT2D eigenvalue weighted by atomic mass is 9.94. The van der Waals surface area contributed by atoms with Crippen LogP contribution in [0.5, 0.6) is 0 Å². The highest BCUT2D eigenvalue weighted by Crippen LogP contribution is 2.30. The van der Waals surface area contributed by atoms with Crippen LogP contribution in [0.2, 0.25) is 0 Å². The van der Waals surface area contributed by atoms with E-state index in [0.29, 0.717) is 12.6 Å². The number of amides is 1. The molecule has 112 valence electrons. The molecule has 0 unspecified atom stereocenters. The summed E-state index contributed by atoms with van der Waals surface area (Å²) in [5.74, 6) is 0.953. The number of carbonyl (C=O) groups is 1. The zero-order valence-electron chi connectivity index (χ0n) is 12.4. The zero-order chi connectivity index (χ0) is 14.2. The summed E-state index contributed by atoms with van der Waals surface area (Å²) < 4.78 is 0. The Morgan fingerprint density at radius 2 is 1.81 bits per heavy atom. The van der Waals surface area contributed by atoms with E-state index in [9.17, 15) is 4.79 Å². The van der Waals surface area contributed by atoms with Crippen LogP contribution in [0.3, 0.4) is 0 Å². The van der Waals surface area contributed by atoms with E-state index in [4.69, 9.17) is 0 Å². The van der Waals surface area contributed by atoms with Gasteiger partial charge in [-0.15, -0.1) is 0 Å². The topological polar surface area (TPSA) is 49.3 Å². The van der Waals surface area contributed by atoms with Crippen LogP contribution >= 0.6 is 0 Å². The van der Waals surface area contributed by atoms with Crippen molar-refractivity contribution in [2.24, 2.45) is 0 Å². The predicted octanol–water partition coefficient (Wildman–Crippen LogP) is 2.37. The highest BCUT2D eigenvalue weighted by molar-refractivity contribution is 5.97. The van der Waals surface area contributed by atoms with E-state index in [1.807, 2.05) is 4.90 Å². The maximum Gasteiger partial charge on any atom is 0.257 e.